The van der Waals surface area contributed by atoms with Gasteiger partial charge in [0.2, 0.25) is 0 Å². The van der Waals surface area contributed by atoms with Crippen LogP contribution in [0.25, 0.3) is 0 Å². The smallest absolute Gasteiger partial charge is 0.191 e. The average Bonchev–Trinajstić information content (AvgIpc) is 3.42. The van der Waals surface area contributed by atoms with Crippen molar-refractivity contribution in [3.63, 3.8) is 0 Å². The van der Waals surface area contributed by atoms with Crippen LogP contribution < -0.4 is 15.4 Å². The Morgan fingerprint density at radius 1 is 1.19 bits per heavy atom. The first-order chi connectivity index (χ1) is 12.2. The summed E-state index contributed by atoms with van der Waals surface area (Å²) in [6.07, 6.45) is 3.49. The van der Waals surface area contributed by atoms with Gasteiger partial charge in [0.05, 0.1) is 6.54 Å². The number of rotatable bonds is 11. The van der Waals surface area contributed by atoms with Gasteiger partial charge in [-0.25, -0.2) is 8.78 Å². The second-order valence-electron chi connectivity index (χ2n) is 5.98. The van der Waals surface area contributed by atoms with E-state index in [1.165, 1.54) is 18.9 Å². The third kappa shape index (κ3) is 9.51. The van der Waals surface area contributed by atoms with E-state index in [1.807, 2.05) is 6.92 Å². The summed E-state index contributed by atoms with van der Waals surface area (Å²) >= 11 is 0. The molecule has 0 radical (unpaired) electrons. The molecule has 1 saturated carbocycles. The lowest BCUT2D eigenvalue weighted by Gasteiger charge is -2.12. The summed E-state index contributed by atoms with van der Waals surface area (Å²) in [5.41, 5.74) is 0. The van der Waals surface area contributed by atoms with E-state index in [4.69, 9.17) is 9.47 Å². The quantitative estimate of drug-likeness (QED) is 0.220. The van der Waals surface area contributed by atoms with E-state index >= 15 is 0 Å². The zero-order valence-electron chi connectivity index (χ0n) is 15.1. The first-order valence-electron chi connectivity index (χ1n) is 8.86. The van der Waals surface area contributed by atoms with Gasteiger partial charge in [-0.2, -0.15) is 0 Å². The first-order valence-corrected chi connectivity index (χ1v) is 8.86. The Hall–Kier alpha value is -1.16. The Kier molecular flexibility index (Phi) is 11.5. The summed E-state index contributed by atoms with van der Waals surface area (Å²) < 4.78 is 36.9. The molecule has 2 rings (SSSR count). The Morgan fingerprint density at radius 3 is 2.69 bits per heavy atom. The topological polar surface area (TPSA) is 54.9 Å². The van der Waals surface area contributed by atoms with Crippen molar-refractivity contribution in [2.75, 3.05) is 39.5 Å². The predicted octanol–water partition coefficient (Wildman–Crippen LogP) is 3.33. The van der Waals surface area contributed by atoms with Crippen molar-refractivity contribution in [3.05, 3.63) is 29.8 Å². The van der Waals surface area contributed by atoms with E-state index in [2.05, 4.69) is 15.6 Å². The van der Waals surface area contributed by atoms with Crippen LogP contribution in [0.2, 0.25) is 0 Å². The molecule has 1 aromatic rings. The first kappa shape index (κ1) is 22.9. The van der Waals surface area contributed by atoms with Gasteiger partial charge in [0.25, 0.3) is 0 Å². The third-order valence-corrected chi connectivity index (χ3v) is 3.67. The van der Waals surface area contributed by atoms with Gasteiger partial charge in [0.1, 0.15) is 12.4 Å². The lowest BCUT2D eigenvalue weighted by atomic mass is 10.3. The van der Waals surface area contributed by atoms with Crippen LogP contribution in [0.4, 0.5) is 8.78 Å². The number of hydrogen-bond donors (Lipinski definition) is 2. The van der Waals surface area contributed by atoms with Gasteiger partial charge in [-0.15, -0.1) is 24.0 Å². The fourth-order valence-corrected chi connectivity index (χ4v) is 2.14. The lowest BCUT2D eigenvalue weighted by molar-refractivity contribution is 0.123. The van der Waals surface area contributed by atoms with Crippen LogP contribution in [0, 0.1) is 17.6 Å². The maximum Gasteiger partial charge on any atom is 0.191 e. The number of benzene rings is 1. The molecule has 0 atom stereocenters. The number of aliphatic imine (C=N–C) groups is 1. The minimum absolute atomic E-state index is 0. The monoisotopic (exact) mass is 483 g/mol. The SMILES string of the molecule is CCNC(=NCCCOCC1CC1)NCCOc1ccc(F)c(F)c1.I. The van der Waals surface area contributed by atoms with E-state index in [-0.39, 0.29) is 24.0 Å². The van der Waals surface area contributed by atoms with Crippen LogP contribution >= 0.6 is 24.0 Å². The molecule has 26 heavy (non-hydrogen) atoms. The van der Waals surface area contributed by atoms with Gasteiger partial charge in [-0.3, -0.25) is 4.99 Å². The number of hydrogen-bond acceptors (Lipinski definition) is 3. The Morgan fingerprint density at radius 2 is 2.00 bits per heavy atom. The fourth-order valence-electron chi connectivity index (χ4n) is 2.14. The predicted molar refractivity (Wildman–Crippen MR) is 109 cm³/mol. The van der Waals surface area contributed by atoms with E-state index in [0.29, 0.717) is 31.4 Å². The molecule has 2 N–H and O–H groups in total. The van der Waals surface area contributed by atoms with Crippen molar-refractivity contribution in [3.8, 4) is 5.75 Å². The Balaban J connectivity index is 0.00000338. The number of nitrogens with one attached hydrogen (secondary N) is 2. The van der Waals surface area contributed by atoms with Crippen LogP contribution in [-0.4, -0.2) is 45.4 Å². The van der Waals surface area contributed by atoms with Crippen LogP contribution in [0.1, 0.15) is 26.2 Å². The minimum Gasteiger partial charge on any atom is -0.492 e. The molecule has 5 nitrogen and oxygen atoms in total. The maximum absolute atomic E-state index is 13.1. The molecule has 0 saturated heterocycles. The highest BCUT2D eigenvalue weighted by Gasteiger charge is 2.20. The van der Waals surface area contributed by atoms with Crippen molar-refractivity contribution in [2.24, 2.45) is 10.9 Å². The second-order valence-corrected chi connectivity index (χ2v) is 5.98. The highest BCUT2D eigenvalue weighted by molar-refractivity contribution is 14.0. The molecule has 0 aromatic heterocycles. The van der Waals surface area contributed by atoms with Crippen molar-refractivity contribution in [1.29, 1.82) is 0 Å². The lowest BCUT2D eigenvalue weighted by Crippen LogP contribution is -2.39. The zero-order chi connectivity index (χ0) is 17.9. The largest absolute Gasteiger partial charge is 0.492 e. The van der Waals surface area contributed by atoms with Gasteiger partial charge in [-0.1, -0.05) is 0 Å². The molecule has 8 heteroatoms. The number of nitrogens with zero attached hydrogens (tertiary/aromatic N) is 1. The van der Waals surface area contributed by atoms with Gasteiger partial charge >= 0.3 is 0 Å². The van der Waals surface area contributed by atoms with Crippen molar-refractivity contribution >= 4 is 29.9 Å². The minimum atomic E-state index is -0.913. The van der Waals surface area contributed by atoms with Gasteiger partial charge in [0.15, 0.2) is 17.6 Å². The molecule has 1 aromatic carbocycles. The molecule has 0 bridgehead atoms. The van der Waals surface area contributed by atoms with Crippen LogP contribution in [-0.2, 0) is 4.74 Å². The summed E-state index contributed by atoms with van der Waals surface area (Å²) in [5.74, 6) is 0.00326. The molecule has 1 fully saturated rings. The summed E-state index contributed by atoms with van der Waals surface area (Å²) in [6, 6.07) is 3.49. The molecule has 148 valence electrons. The molecular weight excluding hydrogens is 455 g/mol. The molecular formula is C18H28F2IN3O2. The number of ether oxygens (including phenoxy) is 2. The van der Waals surface area contributed by atoms with Crippen molar-refractivity contribution in [1.82, 2.24) is 10.6 Å². The Bertz CT molecular complexity index is 557. The normalized spacial score (nSPS) is 13.9. The van der Waals surface area contributed by atoms with Crippen LogP contribution in [0.3, 0.4) is 0 Å². The maximum atomic E-state index is 13.1. The molecule has 1 aliphatic carbocycles. The summed E-state index contributed by atoms with van der Waals surface area (Å²) in [4.78, 5) is 4.47. The molecule has 0 heterocycles. The average molecular weight is 483 g/mol. The summed E-state index contributed by atoms with van der Waals surface area (Å²) in [6.45, 7) is 5.87. The zero-order valence-corrected chi connectivity index (χ0v) is 17.4. The molecule has 0 unspecified atom stereocenters. The van der Waals surface area contributed by atoms with Crippen molar-refractivity contribution in [2.45, 2.75) is 26.2 Å². The third-order valence-electron chi connectivity index (χ3n) is 3.67. The molecule has 0 spiro atoms. The van der Waals surface area contributed by atoms with Gasteiger partial charge < -0.3 is 20.1 Å². The highest BCUT2D eigenvalue weighted by Crippen LogP contribution is 2.28. The van der Waals surface area contributed by atoms with Crippen LogP contribution in [0.15, 0.2) is 23.2 Å². The van der Waals surface area contributed by atoms with Crippen LogP contribution in [0.5, 0.6) is 5.75 Å². The van der Waals surface area contributed by atoms with E-state index < -0.39 is 11.6 Å². The highest BCUT2D eigenvalue weighted by atomic mass is 127. The van der Waals surface area contributed by atoms with Gasteiger partial charge in [0, 0.05) is 32.4 Å². The molecule has 0 aliphatic heterocycles. The summed E-state index contributed by atoms with van der Waals surface area (Å²) in [7, 11) is 0. The molecule has 0 amide bonds. The van der Waals surface area contributed by atoms with Gasteiger partial charge in [-0.05, 0) is 44.2 Å². The van der Waals surface area contributed by atoms with Crippen molar-refractivity contribution < 1.29 is 18.3 Å². The summed E-state index contributed by atoms with van der Waals surface area (Å²) in [5, 5.41) is 6.29. The Labute approximate surface area is 171 Å². The van der Waals surface area contributed by atoms with E-state index in [9.17, 15) is 8.78 Å². The van der Waals surface area contributed by atoms with E-state index in [0.717, 1.165) is 44.2 Å². The number of halogens is 3. The molecule has 1 aliphatic rings. The second kappa shape index (κ2) is 13.1. The fraction of sp³-hybridized carbons (Fsp3) is 0.611. The van der Waals surface area contributed by atoms with E-state index in [1.54, 1.807) is 0 Å². The number of guanidine groups is 1. The standard InChI is InChI=1S/C18H27F2N3O2.HI/c1-2-21-18(22-8-3-10-24-13-14-4-5-14)23-9-11-25-15-6-7-16(19)17(20)12-15;/h6-7,12,14H,2-5,8-11,13H2,1H3,(H2,21,22,23);1H.